The molecule has 1 heterocycles. The molecule has 0 saturated heterocycles. The lowest BCUT2D eigenvalue weighted by atomic mass is 10.0. The van der Waals surface area contributed by atoms with Gasteiger partial charge in [-0.05, 0) is 37.1 Å². The first-order valence-electron chi connectivity index (χ1n) is 5.42. The van der Waals surface area contributed by atoms with Crippen LogP contribution in [0.5, 0.6) is 0 Å². The minimum Gasteiger partial charge on any atom is -0.271 e. The van der Waals surface area contributed by atoms with Crippen LogP contribution in [-0.2, 0) is 6.42 Å². The molecule has 96 valence electrons. The molecule has 1 aromatic heterocycles. The number of rotatable bonds is 4. The number of nitrogens with two attached hydrogens (primary N) is 1. The van der Waals surface area contributed by atoms with E-state index in [9.17, 15) is 0 Å². The number of nitrogens with one attached hydrogen (secondary N) is 1. The molecule has 0 aliphatic heterocycles. The fraction of sp³-hybridized carbons (Fsp3) is 0.250. The van der Waals surface area contributed by atoms with E-state index < -0.39 is 0 Å². The highest BCUT2D eigenvalue weighted by Gasteiger charge is 2.16. The highest BCUT2D eigenvalue weighted by molar-refractivity contribution is 7.09. The van der Waals surface area contributed by atoms with E-state index in [1.54, 1.807) is 23.5 Å². The molecule has 1 atom stereocenters. The van der Waals surface area contributed by atoms with Crippen molar-refractivity contribution >= 4 is 34.5 Å². The Bertz CT molecular complexity index is 542. The van der Waals surface area contributed by atoms with Crippen molar-refractivity contribution in [3.63, 3.8) is 0 Å². The number of hydrogen-bond donors (Lipinski definition) is 2. The van der Waals surface area contributed by atoms with Gasteiger partial charge in [-0.1, -0.05) is 23.2 Å². The number of aryl methyl sites for hydroxylation is 1. The van der Waals surface area contributed by atoms with Crippen LogP contribution in [0.2, 0.25) is 10.0 Å². The average Bonchev–Trinajstić information content (AvgIpc) is 2.77. The van der Waals surface area contributed by atoms with Crippen LogP contribution in [-0.4, -0.2) is 4.98 Å². The van der Waals surface area contributed by atoms with Crippen LogP contribution in [0.1, 0.15) is 22.2 Å². The Labute approximate surface area is 120 Å². The Hall–Kier alpha value is -0.650. The second kappa shape index (κ2) is 5.99. The van der Waals surface area contributed by atoms with Gasteiger partial charge < -0.3 is 0 Å². The zero-order chi connectivity index (χ0) is 13.1. The van der Waals surface area contributed by atoms with Gasteiger partial charge in [0, 0.05) is 14.9 Å². The Balaban J connectivity index is 2.26. The predicted molar refractivity (Wildman–Crippen MR) is 77.1 cm³/mol. The molecule has 0 fully saturated rings. The van der Waals surface area contributed by atoms with E-state index in [4.69, 9.17) is 29.0 Å². The normalized spacial score (nSPS) is 12.7. The molecule has 0 aliphatic carbocycles. The molecule has 1 aromatic carbocycles. The largest absolute Gasteiger partial charge is 0.271 e. The second-order valence-electron chi connectivity index (χ2n) is 3.96. The molecule has 1 unspecified atom stereocenters. The SMILES string of the molecule is Cc1ncsc1C(Cc1cc(Cl)ccc1Cl)NN. The molecule has 0 aliphatic rings. The summed E-state index contributed by atoms with van der Waals surface area (Å²) in [5, 5.41) is 1.37. The molecule has 0 spiro atoms. The topological polar surface area (TPSA) is 50.9 Å². The summed E-state index contributed by atoms with van der Waals surface area (Å²) in [5.74, 6) is 5.62. The average molecular weight is 302 g/mol. The molecule has 0 saturated carbocycles. The molecular formula is C12H13Cl2N3S. The Morgan fingerprint density at radius 2 is 2.22 bits per heavy atom. The van der Waals surface area contributed by atoms with Crippen molar-refractivity contribution in [3.8, 4) is 0 Å². The van der Waals surface area contributed by atoms with Gasteiger partial charge in [-0.25, -0.2) is 4.98 Å². The maximum atomic E-state index is 6.16. The van der Waals surface area contributed by atoms with E-state index in [0.717, 1.165) is 16.1 Å². The molecule has 3 nitrogen and oxygen atoms in total. The molecule has 2 rings (SSSR count). The van der Waals surface area contributed by atoms with E-state index in [-0.39, 0.29) is 6.04 Å². The maximum absolute atomic E-state index is 6.16. The number of nitrogens with zero attached hydrogens (tertiary/aromatic N) is 1. The molecule has 2 aromatic rings. The van der Waals surface area contributed by atoms with Crippen LogP contribution in [0.15, 0.2) is 23.7 Å². The van der Waals surface area contributed by atoms with Gasteiger partial charge in [-0.3, -0.25) is 11.3 Å². The van der Waals surface area contributed by atoms with Crippen LogP contribution in [0.3, 0.4) is 0 Å². The van der Waals surface area contributed by atoms with E-state index in [2.05, 4.69) is 10.4 Å². The quantitative estimate of drug-likeness (QED) is 0.671. The number of hydrogen-bond acceptors (Lipinski definition) is 4. The third-order valence-corrected chi connectivity index (χ3v) is 4.38. The number of benzene rings is 1. The van der Waals surface area contributed by atoms with Gasteiger partial charge in [0.1, 0.15) is 0 Å². The lowest BCUT2D eigenvalue weighted by molar-refractivity contribution is 0.557. The molecule has 18 heavy (non-hydrogen) atoms. The van der Waals surface area contributed by atoms with Crippen molar-refractivity contribution in [2.45, 2.75) is 19.4 Å². The van der Waals surface area contributed by atoms with Crippen LogP contribution < -0.4 is 11.3 Å². The molecule has 0 radical (unpaired) electrons. The summed E-state index contributed by atoms with van der Waals surface area (Å²) >= 11 is 13.7. The first kappa shape index (κ1) is 13.8. The smallest absolute Gasteiger partial charge is 0.0798 e. The number of hydrazine groups is 1. The summed E-state index contributed by atoms with van der Waals surface area (Å²) in [6.45, 7) is 1.97. The highest BCUT2D eigenvalue weighted by atomic mass is 35.5. The van der Waals surface area contributed by atoms with Crippen LogP contribution in [0.4, 0.5) is 0 Å². The molecule has 3 N–H and O–H groups in total. The Morgan fingerprint density at radius 3 is 2.83 bits per heavy atom. The van der Waals surface area contributed by atoms with Gasteiger partial charge in [0.05, 0.1) is 17.2 Å². The van der Waals surface area contributed by atoms with Gasteiger partial charge in [0.15, 0.2) is 0 Å². The Kier molecular flexibility index (Phi) is 4.59. The minimum atomic E-state index is -0.00605. The maximum Gasteiger partial charge on any atom is 0.0798 e. The van der Waals surface area contributed by atoms with Crippen molar-refractivity contribution < 1.29 is 0 Å². The van der Waals surface area contributed by atoms with E-state index >= 15 is 0 Å². The lowest BCUT2D eigenvalue weighted by Gasteiger charge is -2.16. The van der Waals surface area contributed by atoms with Crippen LogP contribution in [0, 0.1) is 6.92 Å². The van der Waals surface area contributed by atoms with Crippen molar-refractivity contribution in [1.29, 1.82) is 0 Å². The van der Waals surface area contributed by atoms with Gasteiger partial charge in [-0.2, -0.15) is 0 Å². The number of halogens is 2. The van der Waals surface area contributed by atoms with Crippen LogP contribution in [0.25, 0.3) is 0 Å². The van der Waals surface area contributed by atoms with Crippen molar-refractivity contribution in [1.82, 2.24) is 10.4 Å². The second-order valence-corrected chi connectivity index (χ2v) is 5.69. The van der Waals surface area contributed by atoms with E-state index in [0.29, 0.717) is 16.5 Å². The fourth-order valence-corrected chi connectivity index (χ4v) is 3.05. The van der Waals surface area contributed by atoms with Crippen molar-refractivity contribution in [2.75, 3.05) is 0 Å². The van der Waals surface area contributed by atoms with Crippen LogP contribution >= 0.6 is 34.5 Å². The van der Waals surface area contributed by atoms with Gasteiger partial charge in [-0.15, -0.1) is 11.3 Å². The predicted octanol–water partition coefficient (Wildman–Crippen LogP) is 3.51. The van der Waals surface area contributed by atoms with Crippen molar-refractivity contribution in [2.24, 2.45) is 5.84 Å². The summed E-state index contributed by atoms with van der Waals surface area (Å²) in [6.07, 6.45) is 0.679. The third-order valence-electron chi connectivity index (χ3n) is 2.73. The first-order chi connectivity index (χ1) is 8.61. The van der Waals surface area contributed by atoms with E-state index in [1.807, 2.05) is 18.5 Å². The standard InChI is InChI=1S/C12H13Cl2N3S/c1-7-12(18-6-16-7)11(17-15)5-8-4-9(13)2-3-10(8)14/h2-4,6,11,17H,5,15H2,1H3. The number of thiazole rings is 1. The van der Waals surface area contributed by atoms with Gasteiger partial charge in [0.25, 0.3) is 0 Å². The highest BCUT2D eigenvalue weighted by Crippen LogP contribution is 2.28. The third kappa shape index (κ3) is 3.02. The summed E-state index contributed by atoms with van der Waals surface area (Å²) < 4.78 is 0. The zero-order valence-electron chi connectivity index (χ0n) is 9.78. The fourth-order valence-electron chi connectivity index (χ4n) is 1.79. The first-order valence-corrected chi connectivity index (χ1v) is 7.05. The summed E-state index contributed by atoms with van der Waals surface area (Å²) in [6, 6.07) is 5.43. The summed E-state index contributed by atoms with van der Waals surface area (Å²) in [7, 11) is 0. The lowest BCUT2D eigenvalue weighted by Crippen LogP contribution is -2.29. The molecular weight excluding hydrogens is 289 g/mol. The zero-order valence-corrected chi connectivity index (χ0v) is 12.1. The summed E-state index contributed by atoms with van der Waals surface area (Å²) in [5.41, 5.74) is 6.58. The van der Waals surface area contributed by atoms with E-state index in [1.165, 1.54) is 0 Å². The monoisotopic (exact) mass is 301 g/mol. The number of aromatic nitrogens is 1. The molecule has 6 heteroatoms. The Morgan fingerprint density at radius 1 is 1.44 bits per heavy atom. The van der Waals surface area contributed by atoms with Crippen molar-refractivity contribution in [3.05, 3.63) is 49.9 Å². The van der Waals surface area contributed by atoms with Gasteiger partial charge in [0.2, 0.25) is 0 Å². The summed E-state index contributed by atoms with van der Waals surface area (Å²) in [4.78, 5) is 5.35. The molecule has 0 amide bonds. The molecule has 0 bridgehead atoms. The van der Waals surface area contributed by atoms with Gasteiger partial charge >= 0.3 is 0 Å². The minimum absolute atomic E-state index is 0.00605.